The molecule has 126 valence electrons. The Labute approximate surface area is 137 Å². The van der Waals surface area contributed by atoms with Crippen molar-refractivity contribution in [3.05, 3.63) is 48.0 Å². The minimum Gasteiger partial charge on any atom is -0.461 e. The fourth-order valence-corrected chi connectivity index (χ4v) is 1.78. The van der Waals surface area contributed by atoms with E-state index in [4.69, 9.17) is 9.47 Å². The number of benzene rings is 1. The number of carbonyl (C=O) groups is 2. The molecule has 0 aliphatic rings. The molecule has 5 heteroatoms. The average Bonchev–Trinajstić information content (AvgIpc) is 2.48. The highest BCUT2D eigenvalue weighted by Gasteiger charge is 2.15. The van der Waals surface area contributed by atoms with E-state index in [9.17, 15) is 9.59 Å². The van der Waals surface area contributed by atoms with E-state index in [0.29, 0.717) is 19.4 Å². The van der Waals surface area contributed by atoms with Crippen molar-refractivity contribution in [3.63, 3.8) is 0 Å². The van der Waals surface area contributed by atoms with E-state index >= 15 is 0 Å². The molecule has 23 heavy (non-hydrogen) atoms. The minimum absolute atomic E-state index is 0.236. The monoisotopic (exact) mass is 319 g/mol. The van der Waals surface area contributed by atoms with Crippen LogP contribution in [0.15, 0.2) is 36.9 Å². The second kappa shape index (κ2) is 8.98. The number of esters is 1. The number of rotatable bonds is 7. The van der Waals surface area contributed by atoms with Gasteiger partial charge >= 0.3 is 12.1 Å². The lowest BCUT2D eigenvalue weighted by molar-refractivity contribution is -0.142. The van der Waals surface area contributed by atoms with E-state index in [1.54, 1.807) is 6.08 Å². The molecule has 1 aromatic rings. The zero-order valence-corrected chi connectivity index (χ0v) is 14.1. The number of hydrogen-bond donors (Lipinski definition) is 1. The van der Waals surface area contributed by atoms with Crippen molar-refractivity contribution in [1.82, 2.24) is 5.32 Å². The van der Waals surface area contributed by atoms with Crippen LogP contribution in [0.3, 0.4) is 0 Å². The van der Waals surface area contributed by atoms with Crippen LogP contribution in [0.2, 0.25) is 0 Å². The van der Waals surface area contributed by atoms with Gasteiger partial charge in [0, 0.05) is 13.0 Å². The molecule has 0 heterocycles. The van der Waals surface area contributed by atoms with Crippen molar-refractivity contribution in [1.29, 1.82) is 0 Å². The number of carbonyl (C=O) groups excluding carboxylic acids is 2. The molecule has 1 rings (SSSR count). The van der Waals surface area contributed by atoms with Crippen LogP contribution in [0, 0.1) is 0 Å². The molecule has 5 nitrogen and oxygen atoms in total. The molecule has 0 aliphatic heterocycles. The quantitative estimate of drug-likeness (QED) is 0.618. The van der Waals surface area contributed by atoms with Crippen LogP contribution in [-0.4, -0.2) is 24.3 Å². The van der Waals surface area contributed by atoms with E-state index in [2.05, 4.69) is 11.9 Å². The van der Waals surface area contributed by atoms with E-state index in [1.165, 1.54) is 0 Å². The lowest BCUT2D eigenvalue weighted by Crippen LogP contribution is -2.32. The van der Waals surface area contributed by atoms with Gasteiger partial charge in [-0.25, -0.2) is 4.79 Å². The van der Waals surface area contributed by atoms with Gasteiger partial charge in [-0.15, -0.1) is 0 Å². The lowest BCUT2D eigenvalue weighted by atomic mass is 10.1. The van der Waals surface area contributed by atoms with Crippen LogP contribution >= 0.6 is 0 Å². The van der Waals surface area contributed by atoms with Crippen molar-refractivity contribution in [2.75, 3.05) is 6.61 Å². The smallest absolute Gasteiger partial charge is 0.407 e. The second-order valence-corrected chi connectivity index (χ2v) is 6.14. The van der Waals surface area contributed by atoms with Crippen LogP contribution in [0.25, 0.3) is 0 Å². The van der Waals surface area contributed by atoms with Gasteiger partial charge in [-0.1, -0.05) is 36.9 Å². The molecule has 0 unspecified atom stereocenters. The Balaban J connectivity index is 2.37. The van der Waals surface area contributed by atoms with Crippen LogP contribution in [0.5, 0.6) is 0 Å². The summed E-state index contributed by atoms with van der Waals surface area (Å²) in [6.07, 6.45) is 2.07. The standard InChI is InChI=1S/C18H25NO4/c1-5-12-22-16(20)11-10-14-6-8-15(9-7-14)13-19-17(21)23-18(2,3)4/h5-9H,1,10-13H2,2-4H3,(H,19,21). The predicted octanol–water partition coefficient (Wildman–Crippen LogP) is 3.37. The van der Waals surface area contributed by atoms with Gasteiger partial charge in [0.15, 0.2) is 0 Å². The first kappa shape index (κ1) is 18.7. The Kier molecular flexibility index (Phi) is 7.32. The maximum absolute atomic E-state index is 11.6. The highest BCUT2D eigenvalue weighted by molar-refractivity contribution is 5.69. The van der Waals surface area contributed by atoms with Crippen molar-refractivity contribution < 1.29 is 19.1 Å². The molecule has 0 aromatic heterocycles. The third kappa shape index (κ3) is 8.66. The maximum atomic E-state index is 11.6. The molecule has 0 atom stereocenters. The summed E-state index contributed by atoms with van der Waals surface area (Å²) in [6.45, 7) is 9.60. The highest BCUT2D eigenvalue weighted by Crippen LogP contribution is 2.09. The molecule has 1 aromatic carbocycles. The summed E-state index contributed by atoms with van der Waals surface area (Å²) in [6, 6.07) is 7.71. The average molecular weight is 319 g/mol. The van der Waals surface area contributed by atoms with Crippen LogP contribution in [-0.2, 0) is 27.2 Å². The lowest BCUT2D eigenvalue weighted by Gasteiger charge is -2.19. The summed E-state index contributed by atoms with van der Waals surface area (Å²) < 4.78 is 10.1. The Morgan fingerprint density at radius 1 is 1.17 bits per heavy atom. The number of alkyl carbamates (subject to hydrolysis) is 1. The summed E-state index contributed by atoms with van der Waals surface area (Å²) in [7, 11) is 0. The van der Waals surface area contributed by atoms with Gasteiger partial charge in [0.1, 0.15) is 12.2 Å². The number of hydrogen-bond acceptors (Lipinski definition) is 4. The van der Waals surface area contributed by atoms with E-state index in [1.807, 2.05) is 45.0 Å². The fraction of sp³-hybridized carbons (Fsp3) is 0.444. The molecular weight excluding hydrogens is 294 g/mol. The van der Waals surface area contributed by atoms with Crippen molar-refractivity contribution in [2.24, 2.45) is 0 Å². The van der Waals surface area contributed by atoms with Crippen molar-refractivity contribution in [3.8, 4) is 0 Å². The Morgan fingerprint density at radius 2 is 1.78 bits per heavy atom. The van der Waals surface area contributed by atoms with Crippen LogP contribution in [0.1, 0.15) is 38.3 Å². The normalized spacial score (nSPS) is 10.7. The van der Waals surface area contributed by atoms with Gasteiger partial charge in [-0.3, -0.25) is 4.79 Å². The summed E-state index contributed by atoms with van der Waals surface area (Å²) in [5.74, 6) is -0.236. The molecule has 0 saturated heterocycles. The maximum Gasteiger partial charge on any atom is 0.407 e. The van der Waals surface area contributed by atoms with Gasteiger partial charge in [0.25, 0.3) is 0 Å². The molecule has 0 spiro atoms. The predicted molar refractivity (Wildman–Crippen MR) is 89.0 cm³/mol. The van der Waals surface area contributed by atoms with Gasteiger partial charge < -0.3 is 14.8 Å². The number of amides is 1. The van der Waals surface area contributed by atoms with Crippen molar-refractivity contribution in [2.45, 2.75) is 45.8 Å². The summed E-state index contributed by atoms with van der Waals surface area (Å²) >= 11 is 0. The largest absolute Gasteiger partial charge is 0.461 e. The van der Waals surface area contributed by atoms with E-state index in [0.717, 1.165) is 11.1 Å². The highest BCUT2D eigenvalue weighted by atomic mass is 16.6. The van der Waals surface area contributed by atoms with E-state index in [-0.39, 0.29) is 12.6 Å². The van der Waals surface area contributed by atoms with Gasteiger partial charge in [0.2, 0.25) is 0 Å². The number of aryl methyl sites for hydroxylation is 1. The summed E-state index contributed by atoms with van der Waals surface area (Å²) in [5.41, 5.74) is 1.50. The topological polar surface area (TPSA) is 64.6 Å². The van der Waals surface area contributed by atoms with E-state index < -0.39 is 11.7 Å². The van der Waals surface area contributed by atoms with Gasteiger partial charge in [-0.05, 0) is 38.3 Å². The van der Waals surface area contributed by atoms with Gasteiger partial charge in [0.05, 0.1) is 0 Å². The first-order chi connectivity index (χ1) is 10.8. The molecule has 1 amide bonds. The molecule has 0 fully saturated rings. The minimum atomic E-state index is -0.506. The van der Waals surface area contributed by atoms with Crippen molar-refractivity contribution >= 4 is 12.1 Å². The molecule has 0 aliphatic carbocycles. The molecular formula is C18H25NO4. The molecule has 0 saturated carbocycles. The zero-order valence-electron chi connectivity index (χ0n) is 14.1. The second-order valence-electron chi connectivity index (χ2n) is 6.14. The van der Waals surface area contributed by atoms with Crippen LogP contribution < -0.4 is 5.32 Å². The number of nitrogens with one attached hydrogen (secondary N) is 1. The molecule has 0 bridgehead atoms. The van der Waals surface area contributed by atoms with Crippen LogP contribution in [0.4, 0.5) is 4.79 Å². The summed E-state index contributed by atoms with van der Waals surface area (Å²) in [5, 5.41) is 2.70. The Morgan fingerprint density at radius 3 is 2.35 bits per heavy atom. The molecule has 0 radical (unpaired) electrons. The molecule has 1 N–H and O–H groups in total. The third-order valence-electron chi connectivity index (χ3n) is 2.84. The fourth-order valence-electron chi connectivity index (χ4n) is 1.78. The zero-order chi connectivity index (χ0) is 17.3. The first-order valence-electron chi connectivity index (χ1n) is 7.61. The first-order valence-corrected chi connectivity index (χ1v) is 7.61. The number of ether oxygens (including phenoxy) is 2. The van der Waals surface area contributed by atoms with Gasteiger partial charge in [-0.2, -0.15) is 0 Å². The SMILES string of the molecule is C=CCOC(=O)CCc1ccc(CNC(=O)OC(C)(C)C)cc1. The third-order valence-corrected chi connectivity index (χ3v) is 2.84. The Hall–Kier alpha value is -2.30. The summed E-state index contributed by atoms with van der Waals surface area (Å²) in [4.78, 5) is 23.0. The Bertz CT molecular complexity index is 529.